The molecule has 0 fully saturated rings. The Bertz CT molecular complexity index is 996. The molecule has 3 rings (SSSR count). The number of benzene rings is 2. The summed E-state index contributed by atoms with van der Waals surface area (Å²) in [4.78, 5) is 29.2. The molecule has 0 spiro atoms. The van der Waals surface area contributed by atoms with Gasteiger partial charge in [0, 0.05) is 12.8 Å². The minimum atomic E-state index is -0.373. The molecule has 0 aliphatic carbocycles. The number of carbonyl (C=O) groups excluding carboxylic acids is 2. The Morgan fingerprint density at radius 1 is 1.14 bits per heavy atom. The summed E-state index contributed by atoms with van der Waals surface area (Å²) in [5.41, 5.74) is 3.43. The Hall–Kier alpha value is -3.19. The van der Waals surface area contributed by atoms with E-state index in [1.54, 1.807) is 0 Å². The molecule has 2 N–H and O–H groups in total. The normalized spacial score (nSPS) is 12.0. The molecular formula is C21H24N4O3. The van der Waals surface area contributed by atoms with Crippen molar-refractivity contribution in [3.8, 4) is 0 Å². The van der Waals surface area contributed by atoms with E-state index < -0.39 is 0 Å². The van der Waals surface area contributed by atoms with Gasteiger partial charge in [-0.3, -0.25) is 9.59 Å². The fraction of sp³-hybridized carbons (Fsp3) is 0.286. The maximum atomic E-state index is 12.7. The first kappa shape index (κ1) is 19.6. The van der Waals surface area contributed by atoms with Crippen molar-refractivity contribution >= 4 is 28.5 Å². The van der Waals surface area contributed by atoms with Crippen LogP contribution in [0.25, 0.3) is 11.0 Å². The molecule has 28 heavy (non-hydrogen) atoms. The molecule has 7 nitrogen and oxygen atoms in total. The van der Waals surface area contributed by atoms with Gasteiger partial charge in [-0.15, -0.1) is 0 Å². The van der Waals surface area contributed by atoms with E-state index in [1.807, 2.05) is 66.9 Å². The van der Waals surface area contributed by atoms with E-state index in [-0.39, 0.29) is 31.0 Å². The quantitative estimate of drug-likeness (QED) is 0.660. The predicted molar refractivity (Wildman–Crippen MR) is 108 cm³/mol. The maximum Gasteiger partial charge on any atom is 0.246 e. The molecule has 1 aromatic heterocycles. The number of nitrogens with one attached hydrogen (secondary N) is 2. The Morgan fingerprint density at radius 2 is 1.93 bits per heavy atom. The Labute approximate surface area is 163 Å². The van der Waals surface area contributed by atoms with Crippen molar-refractivity contribution in [1.82, 2.24) is 14.9 Å². The van der Waals surface area contributed by atoms with Crippen molar-refractivity contribution in [3.63, 3.8) is 0 Å². The molecule has 0 aliphatic rings. The number of para-hydroxylation sites is 2. The largest absolute Gasteiger partial charge is 0.375 e. The van der Waals surface area contributed by atoms with Crippen LogP contribution in [0.3, 0.4) is 0 Å². The van der Waals surface area contributed by atoms with E-state index in [0.29, 0.717) is 5.82 Å². The van der Waals surface area contributed by atoms with E-state index in [1.165, 1.54) is 7.11 Å². The summed E-state index contributed by atoms with van der Waals surface area (Å²) in [6, 6.07) is 14.9. The highest BCUT2D eigenvalue weighted by Crippen LogP contribution is 2.21. The SMILES string of the molecule is COCC(=O)NC(C)c1nc2ccccc2n1CC(=O)Nc1cccc(C)c1. The zero-order chi connectivity index (χ0) is 20.1. The van der Waals surface area contributed by atoms with Crippen molar-refractivity contribution in [2.75, 3.05) is 19.0 Å². The first-order valence-electron chi connectivity index (χ1n) is 9.08. The lowest BCUT2D eigenvalue weighted by atomic mass is 10.2. The van der Waals surface area contributed by atoms with Crippen LogP contribution in [0.1, 0.15) is 24.4 Å². The van der Waals surface area contributed by atoms with Crippen LogP contribution in [0.2, 0.25) is 0 Å². The minimum Gasteiger partial charge on any atom is -0.375 e. The molecule has 0 saturated heterocycles. The van der Waals surface area contributed by atoms with E-state index in [9.17, 15) is 9.59 Å². The number of imidazole rings is 1. The van der Waals surface area contributed by atoms with Crippen molar-refractivity contribution in [2.45, 2.75) is 26.4 Å². The van der Waals surface area contributed by atoms with Gasteiger partial charge in [0.05, 0.1) is 17.1 Å². The van der Waals surface area contributed by atoms with Gasteiger partial charge < -0.3 is 19.9 Å². The Balaban J connectivity index is 1.86. The monoisotopic (exact) mass is 380 g/mol. The number of fused-ring (bicyclic) bond motifs is 1. The second-order valence-electron chi connectivity index (χ2n) is 6.68. The summed E-state index contributed by atoms with van der Waals surface area (Å²) in [7, 11) is 1.47. The second-order valence-corrected chi connectivity index (χ2v) is 6.68. The van der Waals surface area contributed by atoms with Crippen LogP contribution in [0.4, 0.5) is 5.69 Å². The smallest absolute Gasteiger partial charge is 0.246 e. The van der Waals surface area contributed by atoms with Crippen molar-refractivity contribution in [2.24, 2.45) is 0 Å². The van der Waals surface area contributed by atoms with Crippen molar-refractivity contribution in [3.05, 3.63) is 59.9 Å². The average Bonchev–Trinajstić information content (AvgIpc) is 3.00. The summed E-state index contributed by atoms with van der Waals surface area (Å²) in [5.74, 6) is 0.216. The van der Waals surface area contributed by atoms with Crippen LogP contribution in [0.5, 0.6) is 0 Å². The molecule has 7 heteroatoms. The summed E-state index contributed by atoms with van der Waals surface area (Å²) in [5, 5.41) is 5.77. The van der Waals surface area contributed by atoms with Gasteiger partial charge in [0.15, 0.2) is 0 Å². The van der Waals surface area contributed by atoms with Gasteiger partial charge in [-0.25, -0.2) is 4.98 Å². The fourth-order valence-electron chi connectivity index (χ4n) is 3.14. The molecule has 2 aromatic carbocycles. The lowest BCUT2D eigenvalue weighted by molar-refractivity contribution is -0.125. The Kier molecular flexibility index (Phi) is 6.06. The van der Waals surface area contributed by atoms with Crippen LogP contribution in [-0.2, 0) is 20.9 Å². The molecule has 1 heterocycles. The van der Waals surface area contributed by atoms with E-state index in [0.717, 1.165) is 22.3 Å². The molecule has 0 aliphatic heterocycles. The van der Waals surface area contributed by atoms with Crippen LogP contribution >= 0.6 is 0 Å². The molecule has 0 saturated carbocycles. The Morgan fingerprint density at radius 3 is 2.68 bits per heavy atom. The zero-order valence-corrected chi connectivity index (χ0v) is 16.2. The van der Waals surface area contributed by atoms with Crippen LogP contribution in [0, 0.1) is 6.92 Å². The molecule has 146 valence electrons. The van der Waals surface area contributed by atoms with Gasteiger partial charge in [-0.2, -0.15) is 0 Å². The number of carbonyl (C=O) groups is 2. The molecule has 1 unspecified atom stereocenters. The number of methoxy groups -OCH3 is 1. The minimum absolute atomic E-state index is 0.0294. The molecule has 3 aromatic rings. The lowest BCUT2D eigenvalue weighted by Crippen LogP contribution is -2.32. The van der Waals surface area contributed by atoms with Gasteiger partial charge in [-0.05, 0) is 43.7 Å². The van der Waals surface area contributed by atoms with Gasteiger partial charge in [-0.1, -0.05) is 24.3 Å². The summed E-state index contributed by atoms with van der Waals surface area (Å²) < 4.78 is 6.70. The van der Waals surface area contributed by atoms with Gasteiger partial charge >= 0.3 is 0 Å². The lowest BCUT2D eigenvalue weighted by Gasteiger charge is -2.16. The topological polar surface area (TPSA) is 85.2 Å². The number of aromatic nitrogens is 2. The van der Waals surface area contributed by atoms with Crippen LogP contribution in [-0.4, -0.2) is 35.1 Å². The van der Waals surface area contributed by atoms with Crippen LogP contribution < -0.4 is 10.6 Å². The molecule has 1 atom stereocenters. The highest BCUT2D eigenvalue weighted by Gasteiger charge is 2.20. The second kappa shape index (κ2) is 8.67. The standard InChI is InChI=1S/C21H24N4O3/c1-14-7-6-8-16(11-14)23-19(26)12-25-18-10-5-4-9-17(18)24-21(25)15(2)22-20(27)13-28-3/h4-11,15H,12-13H2,1-3H3,(H,22,27)(H,23,26). The number of hydrogen-bond acceptors (Lipinski definition) is 4. The van der Waals surface area contributed by atoms with Gasteiger partial charge in [0.25, 0.3) is 0 Å². The summed E-state index contributed by atoms with van der Waals surface area (Å²) in [6.07, 6.45) is 0. The number of aryl methyl sites for hydroxylation is 1. The molecular weight excluding hydrogens is 356 g/mol. The third-order valence-electron chi connectivity index (χ3n) is 4.33. The van der Waals surface area contributed by atoms with Crippen molar-refractivity contribution in [1.29, 1.82) is 0 Å². The zero-order valence-electron chi connectivity index (χ0n) is 16.2. The summed E-state index contributed by atoms with van der Waals surface area (Å²) in [6.45, 7) is 3.87. The first-order chi connectivity index (χ1) is 13.5. The molecule has 0 bridgehead atoms. The number of rotatable bonds is 7. The summed E-state index contributed by atoms with van der Waals surface area (Å²) >= 11 is 0. The highest BCUT2D eigenvalue weighted by molar-refractivity contribution is 5.92. The molecule has 2 amide bonds. The number of ether oxygens (including phenoxy) is 1. The molecule has 0 radical (unpaired) electrons. The number of anilines is 1. The van der Waals surface area contributed by atoms with E-state index in [4.69, 9.17) is 4.74 Å². The van der Waals surface area contributed by atoms with Gasteiger partial charge in [0.2, 0.25) is 11.8 Å². The highest BCUT2D eigenvalue weighted by atomic mass is 16.5. The predicted octanol–water partition coefficient (Wildman–Crippen LogP) is 2.81. The third kappa shape index (κ3) is 4.55. The third-order valence-corrected chi connectivity index (χ3v) is 4.33. The van der Waals surface area contributed by atoms with Crippen molar-refractivity contribution < 1.29 is 14.3 Å². The van der Waals surface area contributed by atoms with Gasteiger partial charge in [0.1, 0.15) is 19.0 Å². The van der Waals surface area contributed by atoms with E-state index >= 15 is 0 Å². The maximum absolute atomic E-state index is 12.7. The van der Waals surface area contributed by atoms with E-state index in [2.05, 4.69) is 15.6 Å². The first-order valence-corrected chi connectivity index (χ1v) is 9.08. The number of nitrogens with zero attached hydrogens (tertiary/aromatic N) is 2. The average molecular weight is 380 g/mol. The fourth-order valence-corrected chi connectivity index (χ4v) is 3.14. The number of hydrogen-bond donors (Lipinski definition) is 2. The number of amides is 2. The van der Waals surface area contributed by atoms with Crippen LogP contribution in [0.15, 0.2) is 48.5 Å².